The lowest BCUT2D eigenvalue weighted by Crippen LogP contribution is -2.41. The molecule has 1 aromatic carbocycles. The monoisotopic (exact) mass is 384 g/mol. The summed E-state index contributed by atoms with van der Waals surface area (Å²) in [4.78, 5) is 28.6. The van der Waals surface area contributed by atoms with Crippen molar-refractivity contribution in [2.24, 2.45) is 7.05 Å². The number of carbonyl (C=O) groups excluding carboxylic acids is 1. The fourth-order valence-corrected chi connectivity index (χ4v) is 3.35. The van der Waals surface area contributed by atoms with Gasteiger partial charge in [0, 0.05) is 61.7 Å². The van der Waals surface area contributed by atoms with E-state index in [1.54, 1.807) is 25.5 Å². The zero-order valence-electron chi connectivity index (χ0n) is 15.2. The number of hydrogen-bond acceptors (Lipinski definition) is 3. The standard InChI is InChI=1S/C20H18F2N4O2/c1-25-7-6-12(8-19(25)27)20(28)23-14-3-5-18-24-17(11-26(18)10-14)15-4-2-13(21)9-16(15)22/h2,4,6-9,11,14H,3,5,10H2,1H3,(H,23,28). The second-order valence-electron chi connectivity index (χ2n) is 6.89. The summed E-state index contributed by atoms with van der Waals surface area (Å²) in [7, 11) is 1.62. The third-order valence-electron chi connectivity index (χ3n) is 4.90. The van der Waals surface area contributed by atoms with Gasteiger partial charge in [0.05, 0.1) is 5.69 Å². The number of halogens is 2. The Morgan fingerprint density at radius 3 is 2.82 bits per heavy atom. The number of imidazole rings is 1. The van der Waals surface area contributed by atoms with Crippen LogP contribution in [0.3, 0.4) is 0 Å². The van der Waals surface area contributed by atoms with Crippen LogP contribution in [0.5, 0.6) is 0 Å². The zero-order valence-corrected chi connectivity index (χ0v) is 15.2. The number of fused-ring (bicyclic) bond motifs is 1. The fourth-order valence-electron chi connectivity index (χ4n) is 3.35. The largest absolute Gasteiger partial charge is 0.347 e. The van der Waals surface area contributed by atoms with E-state index in [0.717, 1.165) is 11.9 Å². The van der Waals surface area contributed by atoms with Crippen LogP contribution in [0, 0.1) is 11.6 Å². The van der Waals surface area contributed by atoms with Gasteiger partial charge in [0.15, 0.2) is 0 Å². The van der Waals surface area contributed by atoms with E-state index in [9.17, 15) is 18.4 Å². The lowest BCUT2D eigenvalue weighted by atomic mass is 10.1. The maximum atomic E-state index is 14.0. The highest BCUT2D eigenvalue weighted by molar-refractivity contribution is 5.94. The number of amides is 1. The van der Waals surface area contributed by atoms with Crippen LogP contribution in [0.25, 0.3) is 11.3 Å². The van der Waals surface area contributed by atoms with Crippen molar-refractivity contribution in [2.75, 3.05) is 0 Å². The Morgan fingerprint density at radius 2 is 2.07 bits per heavy atom. The van der Waals surface area contributed by atoms with Gasteiger partial charge in [0.25, 0.3) is 11.5 Å². The topological polar surface area (TPSA) is 68.9 Å². The quantitative estimate of drug-likeness (QED) is 0.753. The molecule has 1 aliphatic heterocycles. The summed E-state index contributed by atoms with van der Waals surface area (Å²) >= 11 is 0. The molecule has 2 aromatic heterocycles. The Balaban J connectivity index is 1.50. The van der Waals surface area contributed by atoms with Crippen molar-refractivity contribution in [3.8, 4) is 11.3 Å². The van der Waals surface area contributed by atoms with E-state index in [-0.39, 0.29) is 23.1 Å². The van der Waals surface area contributed by atoms with Gasteiger partial charge >= 0.3 is 0 Å². The van der Waals surface area contributed by atoms with E-state index >= 15 is 0 Å². The highest BCUT2D eigenvalue weighted by Gasteiger charge is 2.23. The first kappa shape index (κ1) is 18.1. The van der Waals surface area contributed by atoms with Crippen LogP contribution in [0.2, 0.25) is 0 Å². The predicted octanol–water partition coefficient (Wildman–Crippen LogP) is 2.27. The van der Waals surface area contributed by atoms with Gasteiger partial charge in [-0.2, -0.15) is 0 Å². The zero-order chi connectivity index (χ0) is 19.8. The second-order valence-corrected chi connectivity index (χ2v) is 6.89. The fraction of sp³-hybridized carbons (Fsp3) is 0.250. The lowest BCUT2D eigenvalue weighted by Gasteiger charge is -2.24. The van der Waals surface area contributed by atoms with Gasteiger partial charge in [0.1, 0.15) is 17.5 Å². The summed E-state index contributed by atoms with van der Waals surface area (Å²) in [6.07, 6.45) is 4.56. The summed E-state index contributed by atoms with van der Waals surface area (Å²) in [5.74, 6) is -0.816. The van der Waals surface area contributed by atoms with E-state index in [0.29, 0.717) is 30.6 Å². The number of nitrogens with one attached hydrogen (secondary N) is 1. The average Bonchev–Trinajstić information content (AvgIpc) is 3.06. The maximum Gasteiger partial charge on any atom is 0.251 e. The van der Waals surface area contributed by atoms with E-state index < -0.39 is 11.6 Å². The van der Waals surface area contributed by atoms with Gasteiger partial charge in [-0.1, -0.05) is 0 Å². The van der Waals surface area contributed by atoms with Crippen LogP contribution in [-0.4, -0.2) is 26.1 Å². The van der Waals surface area contributed by atoms with Gasteiger partial charge in [-0.15, -0.1) is 0 Å². The molecular formula is C20H18F2N4O2. The second kappa shape index (κ2) is 7.03. The molecule has 1 amide bonds. The highest BCUT2D eigenvalue weighted by Crippen LogP contribution is 2.25. The molecule has 0 fully saturated rings. The minimum absolute atomic E-state index is 0.135. The van der Waals surface area contributed by atoms with E-state index in [2.05, 4.69) is 10.3 Å². The molecule has 1 atom stereocenters. The number of nitrogens with zero attached hydrogens (tertiary/aromatic N) is 3. The van der Waals surface area contributed by atoms with E-state index in [1.807, 2.05) is 4.57 Å². The highest BCUT2D eigenvalue weighted by atomic mass is 19.1. The predicted molar refractivity (Wildman–Crippen MR) is 98.8 cm³/mol. The van der Waals surface area contributed by atoms with Crippen LogP contribution in [0.4, 0.5) is 8.78 Å². The smallest absolute Gasteiger partial charge is 0.251 e. The number of pyridine rings is 1. The first-order valence-corrected chi connectivity index (χ1v) is 8.90. The van der Waals surface area contributed by atoms with Crippen molar-refractivity contribution in [1.29, 1.82) is 0 Å². The molecule has 6 nitrogen and oxygen atoms in total. The van der Waals surface area contributed by atoms with Gasteiger partial charge in [-0.05, 0) is 24.6 Å². The average molecular weight is 384 g/mol. The normalized spacial score (nSPS) is 15.9. The molecule has 4 rings (SSSR count). The third kappa shape index (κ3) is 3.45. The SMILES string of the molecule is Cn1ccc(C(=O)NC2CCc3nc(-c4ccc(F)cc4F)cn3C2)cc1=O. The molecule has 8 heteroatoms. The first-order chi connectivity index (χ1) is 13.4. The molecule has 0 spiro atoms. The van der Waals surface area contributed by atoms with Crippen LogP contribution >= 0.6 is 0 Å². The Bertz CT molecular complexity index is 1120. The minimum atomic E-state index is -0.661. The van der Waals surface area contributed by atoms with Crippen LogP contribution in [0.15, 0.2) is 47.5 Å². The Kier molecular flexibility index (Phi) is 4.54. The molecular weight excluding hydrogens is 366 g/mol. The number of aromatic nitrogens is 3. The summed E-state index contributed by atoms with van der Waals surface area (Å²) in [6, 6.07) is 6.16. The van der Waals surface area contributed by atoms with Crippen molar-refractivity contribution in [3.63, 3.8) is 0 Å². The van der Waals surface area contributed by atoms with Crippen LogP contribution in [-0.2, 0) is 20.0 Å². The van der Waals surface area contributed by atoms with Crippen molar-refractivity contribution in [2.45, 2.75) is 25.4 Å². The Hall–Kier alpha value is -3.29. The number of carbonyl (C=O) groups is 1. The summed E-state index contributed by atoms with van der Waals surface area (Å²) < 4.78 is 30.4. The Labute approximate surface area is 159 Å². The summed E-state index contributed by atoms with van der Waals surface area (Å²) in [6.45, 7) is 0.488. The number of hydrogen-bond donors (Lipinski definition) is 1. The van der Waals surface area contributed by atoms with Gasteiger partial charge in [0.2, 0.25) is 0 Å². The molecule has 0 radical (unpaired) electrons. The molecule has 0 bridgehead atoms. The molecule has 1 aliphatic rings. The molecule has 0 saturated heterocycles. The van der Waals surface area contributed by atoms with Crippen molar-refractivity contribution >= 4 is 5.91 Å². The molecule has 1 unspecified atom stereocenters. The molecule has 1 N–H and O–H groups in total. The maximum absolute atomic E-state index is 14.0. The lowest BCUT2D eigenvalue weighted by molar-refractivity contribution is 0.0927. The van der Waals surface area contributed by atoms with E-state index in [4.69, 9.17) is 0 Å². The van der Waals surface area contributed by atoms with Crippen LogP contribution in [0.1, 0.15) is 22.6 Å². The van der Waals surface area contributed by atoms with E-state index in [1.165, 1.54) is 22.8 Å². The van der Waals surface area contributed by atoms with Crippen molar-refractivity contribution in [1.82, 2.24) is 19.4 Å². The van der Waals surface area contributed by atoms with Gasteiger partial charge < -0.3 is 14.5 Å². The molecule has 0 saturated carbocycles. The number of benzene rings is 1. The molecule has 28 heavy (non-hydrogen) atoms. The summed E-state index contributed by atoms with van der Waals surface area (Å²) in [5.41, 5.74) is 0.739. The number of aryl methyl sites for hydroxylation is 2. The van der Waals surface area contributed by atoms with Crippen molar-refractivity contribution in [3.05, 3.63) is 76.1 Å². The molecule has 3 aromatic rings. The number of rotatable bonds is 3. The molecule has 0 aliphatic carbocycles. The van der Waals surface area contributed by atoms with Crippen molar-refractivity contribution < 1.29 is 13.6 Å². The van der Waals surface area contributed by atoms with Crippen LogP contribution < -0.4 is 10.9 Å². The molecule has 144 valence electrons. The summed E-state index contributed by atoms with van der Waals surface area (Å²) in [5, 5.41) is 2.93. The van der Waals surface area contributed by atoms with Gasteiger partial charge in [-0.3, -0.25) is 9.59 Å². The minimum Gasteiger partial charge on any atom is -0.347 e. The third-order valence-corrected chi connectivity index (χ3v) is 4.90. The van der Waals surface area contributed by atoms with Gasteiger partial charge in [-0.25, -0.2) is 13.8 Å². The Morgan fingerprint density at radius 1 is 1.25 bits per heavy atom. The first-order valence-electron chi connectivity index (χ1n) is 8.90. The molecule has 3 heterocycles.